The van der Waals surface area contributed by atoms with Crippen molar-refractivity contribution >= 4 is 44.4 Å². The molecule has 0 spiro atoms. The molecule has 7 nitrogen and oxygen atoms in total. The fraction of sp³-hybridized carbons (Fsp3) is 0.308. The molecular formula is C26H27BrN4O3S. The van der Waals surface area contributed by atoms with Crippen LogP contribution in [0.3, 0.4) is 0 Å². The molecule has 182 valence electrons. The van der Waals surface area contributed by atoms with E-state index in [1.54, 1.807) is 12.1 Å². The smallest absolute Gasteiger partial charge is 0.268 e. The summed E-state index contributed by atoms with van der Waals surface area (Å²) in [7, 11) is 0. The monoisotopic (exact) mass is 554 g/mol. The van der Waals surface area contributed by atoms with Gasteiger partial charge in [0, 0.05) is 10.0 Å². The van der Waals surface area contributed by atoms with Crippen molar-refractivity contribution in [2.24, 2.45) is 0 Å². The highest BCUT2D eigenvalue weighted by Gasteiger charge is 2.15. The van der Waals surface area contributed by atoms with Crippen molar-refractivity contribution in [1.82, 2.24) is 10.2 Å². The van der Waals surface area contributed by atoms with Gasteiger partial charge in [0.05, 0.1) is 0 Å². The molecule has 1 heterocycles. The summed E-state index contributed by atoms with van der Waals surface area (Å²) in [6.45, 7) is 9.09. The molecule has 3 aromatic rings. The normalized spacial score (nSPS) is 11.6. The zero-order valence-electron chi connectivity index (χ0n) is 20.1. The second-order valence-corrected chi connectivity index (χ2v) is 10.6. The minimum absolute atomic E-state index is 0.0728. The number of rotatable bonds is 9. The molecule has 0 radical (unpaired) electrons. The van der Waals surface area contributed by atoms with E-state index >= 15 is 0 Å². The molecule has 0 bridgehead atoms. The third-order valence-corrected chi connectivity index (χ3v) is 6.43. The van der Waals surface area contributed by atoms with Gasteiger partial charge in [-0.3, -0.25) is 10.1 Å². The maximum absolute atomic E-state index is 12.6. The Bertz CT molecular complexity index is 1240. The number of aromatic nitrogens is 2. The lowest BCUT2D eigenvalue weighted by Crippen LogP contribution is -2.13. The molecule has 1 aromatic heterocycles. The molecular weight excluding hydrogens is 528 g/mol. The van der Waals surface area contributed by atoms with Crippen LogP contribution in [-0.2, 0) is 16.6 Å². The van der Waals surface area contributed by atoms with E-state index in [9.17, 15) is 10.1 Å². The Labute approximate surface area is 217 Å². The molecule has 0 saturated carbocycles. The first-order valence-corrected chi connectivity index (χ1v) is 12.7. The van der Waals surface area contributed by atoms with E-state index in [1.807, 2.05) is 31.2 Å². The van der Waals surface area contributed by atoms with Crippen molar-refractivity contribution in [1.29, 1.82) is 5.26 Å². The van der Waals surface area contributed by atoms with E-state index in [0.29, 0.717) is 29.7 Å². The molecule has 1 N–H and O–H groups in total. The predicted octanol–water partition coefficient (Wildman–Crippen LogP) is 6.16. The summed E-state index contributed by atoms with van der Waals surface area (Å²) in [5.41, 5.74) is 1.84. The average Bonchev–Trinajstić information content (AvgIpc) is 3.28. The Kier molecular flexibility index (Phi) is 9.01. The summed E-state index contributed by atoms with van der Waals surface area (Å²) in [5, 5.41) is 21.3. The van der Waals surface area contributed by atoms with Crippen LogP contribution in [-0.4, -0.2) is 29.3 Å². The minimum atomic E-state index is -0.556. The quantitative estimate of drug-likeness (QED) is 0.193. The molecule has 0 aliphatic heterocycles. The third kappa shape index (κ3) is 7.64. The highest BCUT2D eigenvalue weighted by molar-refractivity contribution is 9.10. The van der Waals surface area contributed by atoms with Gasteiger partial charge < -0.3 is 9.47 Å². The molecule has 0 fully saturated rings. The van der Waals surface area contributed by atoms with Gasteiger partial charge in [0.2, 0.25) is 5.13 Å². The van der Waals surface area contributed by atoms with Gasteiger partial charge in [0.25, 0.3) is 5.91 Å². The Morgan fingerprint density at radius 1 is 1.14 bits per heavy atom. The van der Waals surface area contributed by atoms with Crippen LogP contribution in [0.2, 0.25) is 0 Å². The lowest BCUT2D eigenvalue weighted by atomic mass is 9.87. The van der Waals surface area contributed by atoms with Gasteiger partial charge in [-0.05, 0) is 53.8 Å². The standard InChI is InChI=1S/C26H27BrN4O3S/c1-5-23-30-31-25(35-23)29-24(32)18(16-28)14-17-15-20(27)8-11-22(17)34-13-12-33-21-9-6-19(7-10-21)26(2,3)4/h6-11,14-15H,5,12-13H2,1-4H3,(H,29,31,32). The van der Waals surface area contributed by atoms with Crippen LogP contribution in [0.1, 0.15) is 43.8 Å². The van der Waals surface area contributed by atoms with E-state index in [0.717, 1.165) is 21.7 Å². The Morgan fingerprint density at radius 3 is 2.49 bits per heavy atom. The largest absolute Gasteiger partial charge is 0.490 e. The average molecular weight is 555 g/mol. The number of anilines is 1. The van der Waals surface area contributed by atoms with Gasteiger partial charge in [0.15, 0.2) is 0 Å². The number of carbonyl (C=O) groups excluding carboxylic acids is 1. The van der Waals surface area contributed by atoms with Crippen LogP contribution in [0, 0.1) is 11.3 Å². The third-order valence-electron chi connectivity index (χ3n) is 4.96. The fourth-order valence-corrected chi connectivity index (χ4v) is 4.09. The highest BCUT2D eigenvalue weighted by Crippen LogP contribution is 2.27. The molecule has 0 atom stereocenters. The number of nitriles is 1. The summed E-state index contributed by atoms with van der Waals surface area (Å²) < 4.78 is 12.5. The molecule has 35 heavy (non-hydrogen) atoms. The van der Waals surface area contributed by atoms with Crippen molar-refractivity contribution < 1.29 is 14.3 Å². The first-order chi connectivity index (χ1) is 16.7. The number of hydrogen-bond acceptors (Lipinski definition) is 7. The van der Waals surface area contributed by atoms with Crippen LogP contribution < -0.4 is 14.8 Å². The Hall–Kier alpha value is -3.22. The van der Waals surface area contributed by atoms with E-state index in [2.05, 4.69) is 64.3 Å². The van der Waals surface area contributed by atoms with Crippen molar-refractivity contribution in [3.8, 4) is 17.6 Å². The van der Waals surface area contributed by atoms with Gasteiger partial charge in [-0.15, -0.1) is 10.2 Å². The number of halogens is 1. The number of benzene rings is 2. The maximum Gasteiger partial charge on any atom is 0.268 e. The van der Waals surface area contributed by atoms with E-state index in [1.165, 1.54) is 23.0 Å². The van der Waals surface area contributed by atoms with Crippen molar-refractivity contribution in [2.75, 3.05) is 18.5 Å². The van der Waals surface area contributed by atoms with Gasteiger partial charge in [-0.25, -0.2) is 0 Å². The van der Waals surface area contributed by atoms with Gasteiger partial charge in [-0.2, -0.15) is 5.26 Å². The lowest BCUT2D eigenvalue weighted by molar-refractivity contribution is -0.112. The molecule has 9 heteroatoms. The number of aryl methyl sites for hydroxylation is 1. The van der Waals surface area contributed by atoms with E-state index < -0.39 is 5.91 Å². The molecule has 0 aliphatic carbocycles. The summed E-state index contributed by atoms with van der Waals surface area (Å²) >= 11 is 4.71. The number of nitrogens with zero attached hydrogens (tertiary/aromatic N) is 3. The summed E-state index contributed by atoms with van der Waals surface area (Å²) in [4.78, 5) is 12.6. The van der Waals surface area contributed by atoms with Crippen molar-refractivity contribution in [3.63, 3.8) is 0 Å². The van der Waals surface area contributed by atoms with Crippen LogP contribution in [0.15, 0.2) is 52.5 Å². The summed E-state index contributed by atoms with van der Waals surface area (Å²) in [6, 6.07) is 15.4. The number of ether oxygens (including phenoxy) is 2. The molecule has 0 saturated heterocycles. The van der Waals surface area contributed by atoms with Gasteiger partial charge in [-0.1, -0.05) is 67.1 Å². The van der Waals surface area contributed by atoms with E-state index in [-0.39, 0.29) is 11.0 Å². The summed E-state index contributed by atoms with van der Waals surface area (Å²) in [5.74, 6) is 0.743. The Balaban J connectivity index is 1.64. The van der Waals surface area contributed by atoms with Crippen molar-refractivity contribution in [2.45, 2.75) is 39.5 Å². The van der Waals surface area contributed by atoms with Crippen LogP contribution >= 0.6 is 27.3 Å². The Morgan fingerprint density at radius 2 is 1.86 bits per heavy atom. The lowest BCUT2D eigenvalue weighted by Gasteiger charge is -2.19. The zero-order valence-corrected chi connectivity index (χ0v) is 22.5. The number of carbonyl (C=O) groups is 1. The SMILES string of the molecule is CCc1nnc(NC(=O)C(C#N)=Cc2cc(Br)ccc2OCCOc2ccc(C(C)(C)C)cc2)s1. The van der Waals surface area contributed by atoms with Gasteiger partial charge in [0.1, 0.15) is 41.4 Å². The van der Waals surface area contributed by atoms with Crippen LogP contribution in [0.4, 0.5) is 5.13 Å². The fourth-order valence-electron chi connectivity index (χ4n) is 3.04. The van der Waals surface area contributed by atoms with E-state index in [4.69, 9.17) is 9.47 Å². The molecule has 0 unspecified atom stereocenters. The van der Waals surface area contributed by atoms with Gasteiger partial charge >= 0.3 is 0 Å². The molecule has 1 amide bonds. The first kappa shape index (κ1) is 26.4. The number of hydrogen-bond donors (Lipinski definition) is 1. The topological polar surface area (TPSA) is 97.1 Å². The second-order valence-electron chi connectivity index (χ2n) is 8.63. The summed E-state index contributed by atoms with van der Waals surface area (Å²) in [6.07, 6.45) is 2.21. The zero-order chi connectivity index (χ0) is 25.4. The number of amides is 1. The van der Waals surface area contributed by atoms with Crippen molar-refractivity contribution in [3.05, 3.63) is 68.6 Å². The second kappa shape index (κ2) is 12.0. The first-order valence-electron chi connectivity index (χ1n) is 11.1. The maximum atomic E-state index is 12.6. The molecule has 2 aromatic carbocycles. The highest BCUT2D eigenvalue weighted by atomic mass is 79.9. The minimum Gasteiger partial charge on any atom is -0.490 e. The van der Waals surface area contributed by atoms with Crippen LogP contribution in [0.5, 0.6) is 11.5 Å². The predicted molar refractivity (Wildman–Crippen MR) is 142 cm³/mol. The number of nitrogens with one attached hydrogen (secondary N) is 1. The van der Waals surface area contributed by atoms with Crippen LogP contribution in [0.25, 0.3) is 6.08 Å². The molecule has 0 aliphatic rings. The molecule has 3 rings (SSSR count).